The molecule has 1 aromatic carbocycles. The van der Waals surface area contributed by atoms with Crippen LogP contribution in [0.2, 0.25) is 0 Å². The molecule has 24 heavy (non-hydrogen) atoms. The van der Waals surface area contributed by atoms with Crippen molar-refractivity contribution in [2.75, 3.05) is 26.2 Å². The van der Waals surface area contributed by atoms with Crippen molar-refractivity contribution >= 4 is 5.91 Å². The van der Waals surface area contributed by atoms with Gasteiger partial charge in [-0.3, -0.25) is 9.78 Å². The summed E-state index contributed by atoms with van der Waals surface area (Å²) in [7, 11) is 0. The SMILES string of the molecule is Cc1cnc(C(=O)NCCN2CCCC(c3ccccc3)C2)cn1. The van der Waals surface area contributed by atoms with Gasteiger partial charge in [-0.2, -0.15) is 0 Å². The summed E-state index contributed by atoms with van der Waals surface area (Å²) in [4.78, 5) is 22.7. The first-order chi connectivity index (χ1) is 11.7. The zero-order chi connectivity index (χ0) is 16.8. The molecule has 0 spiro atoms. The lowest BCUT2D eigenvalue weighted by atomic mass is 9.91. The van der Waals surface area contributed by atoms with Crippen molar-refractivity contribution in [3.63, 3.8) is 0 Å². The number of likely N-dealkylation sites (tertiary alicyclic amines) is 1. The van der Waals surface area contributed by atoms with Crippen LogP contribution in [-0.4, -0.2) is 47.0 Å². The van der Waals surface area contributed by atoms with E-state index in [2.05, 4.69) is 50.5 Å². The summed E-state index contributed by atoms with van der Waals surface area (Å²) in [6.07, 6.45) is 5.59. The van der Waals surface area contributed by atoms with E-state index in [0.717, 1.165) is 25.3 Å². The summed E-state index contributed by atoms with van der Waals surface area (Å²) < 4.78 is 0. The minimum absolute atomic E-state index is 0.154. The largest absolute Gasteiger partial charge is 0.349 e. The van der Waals surface area contributed by atoms with Gasteiger partial charge in [0, 0.05) is 25.8 Å². The number of carbonyl (C=O) groups excluding carboxylic acids is 1. The van der Waals surface area contributed by atoms with Gasteiger partial charge in [0.15, 0.2) is 0 Å². The summed E-state index contributed by atoms with van der Waals surface area (Å²) in [5, 5.41) is 2.94. The Balaban J connectivity index is 1.46. The van der Waals surface area contributed by atoms with Gasteiger partial charge in [-0.1, -0.05) is 30.3 Å². The molecule has 2 heterocycles. The normalized spacial score (nSPS) is 18.3. The average molecular weight is 324 g/mol. The molecule has 1 amide bonds. The first-order valence-electron chi connectivity index (χ1n) is 8.56. The molecular weight excluding hydrogens is 300 g/mol. The van der Waals surface area contributed by atoms with Crippen LogP contribution in [0.1, 0.15) is 40.5 Å². The molecule has 0 aliphatic carbocycles. The van der Waals surface area contributed by atoms with Crippen LogP contribution in [0.25, 0.3) is 0 Å². The van der Waals surface area contributed by atoms with Crippen molar-refractivity contribution in [1.29, 1.82) is 0 Å². The van der Waals surface area contributed by atoms with Gasteiger partial charge in [-0.05, 0) is 37.8 Å². The summed E-state index contributed by atoms with van der Waals surface area (Å²) >= 11 is 0. The molecule has 1 fully saturated rings. The highest BCUT2D eigenvalue weighted by Crippen LogP contribution is 2.26. The molecule has 0 saturated carbocycles. The zero-order valence-corrected chi connectivity index (χ0v) is 14.1. The molecule has 3 rings (SSSR count). The van der Waals surface area contributed by atoms with E-state index < -0.39 is 0 Å². The Labute approximate surface area is 143 Å². The molecule has 1 unspecified atom stereocenters. The van der Waals surface area contributed by atoms with Crippen LogP contribution in [0.15, 0.2) is 42.7 Å². The van der Waals surface area contributed by atoms with Crippen molar-refractivity contribution in [1.82, 2.24) is 20.2 Å². The quantitative estimate of drug-likeness (QED) is 0.917. The van der Waals surface area contributed by atoms with Gasteiger partial charge in [-0.15, -0.1) is 0 Å². The molecule has 0 bridgehead atoms. The predicted molar refractivity (Wildman–Crippen MR) is 94.0 cm³/mol. The predicted octanol–water partition coefficient (Wildman–Crippen LogP) is 2.39. The number of amides is 1. The highest BCUT2D eigenvalue weighted by Gasteiger charge is 2.21. The fraction of sp³-hybridized carbons (Fsp3) is 0.421. The number of piperidine rings is 1. The van der Waals surface area contributed by atoms with Gasteiger partial charge in [-0.25, -0.2) is 4.98 Å². The molecule has 1 atom stereocenters. The Kier molecular flexibility index (Phi) is 5.54. The number of aromatic nitrogens is 2. The summed E-state index contributed by atoms with van der Waals surface area (Å²) in [5.74, 6) is 0.442. The maximum atomic E-state index is 12.1. The highest BCUT2D eigenvalue weighted by atomic mass is 16.1. The fourth-order valence-electron chi connectivity index (χ4n) is 3.18. The standard InChI is InChI=1S/C19H24N4O/c1-15-12-22-18(13-21-15)19(24)20-9-11-23-10-5-8-17(14-23)16-6-3-2-4-7-16/h2-4,6-7,12-13,17H,5,8-11,14H2,1H3,(H,20,24). The van der Waals surface area contributed by atoms with Gasteiger partial charge in [0.25, 0.3) is 5.91 Å². The van der Waals surface area contributed by atoms with E-state index in [0.29, 0.717) is 18.2 Å². The third-order valence-electron chi connectivity index (χ3n) is 4.50. The van der Waals surface area contributed by atoms with E-state index in [1.54, 1.807) is 6.20 Å². The maximum Gasteiger partial charge on any atom is 0.271 e. The van der Waals surface area contributed by atoms with Crippen molar-refractivity contribution < 1.29 is 4.79 Å². The third kappa shape index (κ3) is 4.38. The lowest BCUT2D eigenvalue weighted by Crippen LogP contribution is -2.40. The molecule has 5 heteroatoms. The molecule has 1 aromatic heterocycles. The van der Waals surface area contributed by atoms with Crippen LogP contribution in [0.4, 0.5) is 0 Å². The zero-order valence-electron chi connectivity index (χ0n) is 14.1. The Bertz CT molecular complexity index is 657. The first-order valence-corrected chi connectivity index (χ1v) is 8.56. The summed E-state index contributed by atoms with van der Waals surface area (Å²) in [6.45, 7) is 5.52. The van der Waals surface area contributed by atoms with Gasteiger partial charge >= 0.3 is 0 Å². The van der Waals surface area contributed by atoms with Crippen LogP contribution in [0.3, 0.4) is 0 Å². The Morgan fingerprint density at radius 3 is 2.83 bits per heavy atom. The number of hydrogen-bond donors (Lipinski definition) is 1. The van der Waals surface area contributed by atoms with Crippen molar-refractivity contribution in [2.24, 2.45) is 0 Å². The van der Waals surface area contributed by atoms with Crippen molar-refractivity contribution in [2.45, 2.75) is 25.7 Å². The maximum absolute atomic E-state index is 12.1. The molecule has 1 N–H and O–H groups in total. The molecule has 2 aromatic rings. The molecule has 5 nitrogen and oxygen atoms in total. The topological polar surface area (TPSA) is 58.1 Å². The number of benzene rings is 1. The van der Waals surface area contributed by atoms with Crippen LogP contribution in [0.5, 0.6) is 0 Å². The highest BCUT2D eigenvalue weighted by molar-refractivity contribution is 5.91. The number of aryl methyl sites for hydroxylation is 1. The number of rotatable bonds is 5. The minimum Gasteiger partial charge on any atom is -0.349 e. The number of hydrogen-bond acceptors (Lipinski definition) is 4. The van der Waals surface area contributed by atoms with Crippen molar-refractivity contribution in [3.05, 3.63) is 59.7 Å². The molecule has 1 saturated heterocycles. The second-order valence-electron chi connectivity index (χ2n) is 6.35. The van der Waals surface area contributed by atoms with E-state index in [-0.39, 0.29) is 5.91 Å². The van der Waals surface area contributed by atoms with Gasteiger partial charge in [0.1, 0.15) is 5.69 Å². The molecule has 0 radical (unpaired) electrons. The Morgan fingerprint density at radius 2 is 2.08 bits per heavy atom. The first kappa shape index (κ1) is 16.6. The van der Waals surface area contributed by atoms with Crippen LogP contribution < -0.4 is 5.32 Å². The number of carbonyl (C=O) groups is 1. The third-order valence-corrected chi connectivity index (χ3v) is 4.50. The van der Waals surface area contributed by atoms with E-state index in [1.807, 2.05) is 6.92 Å². The number of nitrogens with one attached hydrogen (secondary N) is 1. The second kappa shape index (κ2) is 8.02. The summed E-state index contributed by atoms with van der Waals surface area (Å²) in [6, 6.07) is 10.7. The van der Waals surface area contributed by atoms with E-state index in [1.165, 1.54) is 24.6 Å². The molecule has 126 valence electrons. The Hall–Kier alpha value is -2.27. The van der Waals surface area contributed by atoms with E-state index in [9.17, 15) is 4.79 Å². The van der Waals surface area contributed by atoms with Crippen molar-refractivity contribution in [3.8, 4) is 0 Å². The van der Waals surface area contributed by atoms with Gasteiger partial charge in [0.2, 0.25) is 0 Å². The average Bonchev–Trinajstić information content (AvgIpc) is 2.63. The smallest absolute Gasteiger partial charge is 0.271 e. The van der Waals surface area contributed by atoms with Gasteiger partial charge < -0.3 is 10.2 Å². The molecule has 1 aliphatic rings. The van der Waals surface area contributed by atoms with Crippen LogP contribution >= 0.6 is 0 Å². The van der Waals surface area contributed by atoms with E-state index >= 15 is 0 Å². The fourth-order valence-corrected chi connectivity index (χ4v) is 3.18. The minimum atomic E-state index is -0.154. The summed E-state index contributed by atoms with van der Waals surface area (Å²) in [5.41, 5.74) is 2.61. The lowest BCUT2D eigenvalue weighted by Gasteiger charge is -2.33. The van der Waals surface area contributed by atoms with Gasteiger partial charge in [0.05, 0.1) is 11.9 Å². The molecule has 1 aliphatic heterocycles. The Morgan fingerprint density at radius 1 is 1.25 bits per heavy atom. The number of nitrogens with zero attached hydrogens (tertiary/aromatic N) is 3. The monoisotopic (exact) mass is 324 g/mol. The van der Waals surface area contributed by atoms with Crippen LogP contribution in [0, 0.1) is 6.92 Å². The second-order valence-corrected chi connectivity index (χ2v) is 6.35. The van der Waals surface area contributed by atoms with E-state index in [4.69, 9.17) is 0 Å². The molecular formula is C19H24N4O. The lowest BCUT2D eigenvalue weighted by molar-refractivity contribution is 0.0940. The van der Waals surface area contributed by atoms with Crippen LogP contribution in [-0.2, 0) is 0 Å².